The fraction of sp³-hybridized carbons (Fsp3) is 0.174. The van der Waals surface area contributed by atoms with Gasteiger partial charge in [0.1, 0.15) is 0 Å². The number of rotatable bonds is 6. The van der Waals surface area contributed by atoms with Crippen LogP contribution in [0.3, 0.4) is 0 Å². The van der Waals surface area contributed by atoms with Crippen molar-refractivity contribution in [3.63, 3.8) is 0 Å². The Kier molecular flexibility index (Phi) is 7.08. The Morgan fingerprint density at radius 1 is 1.10 bits per heavy atom. The number of carbonyl (C=O) groups is 2. The van der Waals surface area contributed by atoms with Crippen LogP contribution in [0.15, 0.2) is 48.7 Å². The molecule has 0 bridgehead atoms. The quantitative estimate of drug-likeness (QED) is 0.379. The summed E-state index contributed by atoms with van der Waals surface area (Å²) in [6.07, 6.45) is 5.59. The van der Waals surface area contributed by atoms with Gasteiger partial charge in [0.15, 0.2) is 0 Å². The van der Waals surface area contributed by atoms with E-state index in [0.29, 0.717) is 17.8 Å². The first-order chi connectivity index (χ1) is 14.5. The maximum absolute atomic E-state index is 12.8. The molecule has 0 atom stereocenters. The number of halogens is 2. The molecule has 0 saturated carbocycles. The second-order valence-electron chi connectivity index (χ2n) is 6.39. The zero-order valence-electron chi connectivity index (χ0n) is 16.5. The number of ether oxygens (including phenoxy) is 1. The van der Waals surface area contributed by atoms with Crippen molar-refractivity contribution in [2.45, 2.75) is 20.3 Å². The Balaban J connectivity index is 2.04. The summed E-state index contributed by atoms with van der Waals surface area (Å²) in [6, 6.07) is 10.3. The molecule has 0 unspecified atom stereocenters. The summed E-state index contributed by atoms with van der Waals surface area (Å²) in [6.45, 7) is 4.07. The van der Waals surface area contributed by atoms with Crippen molar-refractivity contribution in [1.82, 2.24) is 4.98 Å². The number of aryl methyl sites for hydroxylation is 1. The highest BCUT2D eigenvalue weighted by Crippen LogP contribution is 2.30. The summed E-state index contributed by atoms with van der Waals surface area (Å²) < 4.78 is 4.97. The molecule has 0 aliphatic heterocycles. The average Bonchev–Trinajstić information content (AvgIpc) is 2.72. The van der Waals surface area contributed by atoms with E-state index in [-0.39, 0.29) is 15.6 Å². The molecule has 0 radical (unpaired) electrons. The van der Waals surface area contributed by atoms with E-state index in [1.165, 1.54) is 6.08 Å². The van der Waals surface area contributed by atoms with E-state index in [1.54, 1.807) is 43.5 Å². The molecule has 1 aromatic heterocycles. The van der Waals surface area contributed by atoms with Gasteiger partial charge in [-0.2, -0.15) is 0 Å². The maximum Gasteiger partial charge on any atom is 0.330 e. The topological polar surface area (TPSA) is 68.3 Å². The number of fused-ring (bicyclic) bond motifs is 1. The van der Waals surface area contributed by atoms with E-state index in [4.69, 9.17) is 27.9 Å². The van der Waals surface area contributed by atoms with Crippen molar-refractivity contribution >= 4 is 57.7 Å². The smallest absolute Gasteiger partial charge is 0.330 e. The van der Waals surface area contributed by atoms with Gasteiger partial charge in [-0.15, -0.1) is 0 Å². The molecule has 0 spiro atoms. The summed E-state index contributed by atoms with van der Waals surface area (Å²) in [7, 11) is 0. The number of esters is 1. The van der Waals surface area contributed by atoms with Crippen molar-refractivity contribution in [2.75, 3.05) is 11.9 Å². The maximum atomic E-state index is 12.8. The second kappa shape index (κ2) is 9.74. The number of hydrogen-bond acceptors (Lipinski definition) is 4. The number of nitrogens with zero attached hydrogens (tertiary/aromatic N) is 1. The normalized spacial score (nSPS) is 11.1. The fourth-order valence-electron chi connectivity index (χ4n) is 3.11. The summed E-state index contributed by atoms with van der Waals surface area (Å²) in [5, 5.41) is 4.18. The number of hydrogen-bond donors (Lipinski definition) is 1. The lowest BCUT2D eigenvalue weighted by Crippen LogP contribution is -2.13. The average molecular weight is 443 g/mol. The number of nitrogens with one attached hydrogen (secondary N) is 1. The van der Waals surface area contributed by atoms with Crippen LogP contribution in [-0.4, -0.2) is 23.5 Å². The Bertz CT molecular complexity index is 1120. The lowest BCUT2D eigenvalue weighted by Gasteiger charge is -2.13. The zero-order chi connectivity index (χ0) is 21.7. The van der Waals surface area contributed by atoms with Gasteiger partial charge in [-0.05, 0) is 48.7 Å². The van der Waals surface area contributed by atoms with Gasteiger partial charge in [0.2, 0.25) is 0 Å². The minimum atomic E-state index is -0.428. The third-order valence-corrected chi connectivity index (χ3v) is 5.14. The lowest BCUT2D eigenvalue weighted by atomic mass is 10.0. The first-order valence-electron chi connectivity index (χ1n) is 9.47. The van der Waals surface area contributed by atoms with E-state index in [2.05, 4.69) is 10.3 Å². The zero-order valence-corrected chi connectivity index (χ0v) is 18.1. The van der Waals surface area contributed by atoms with Crippen molar-refractivity contribution in [3.05, 3.63) is 75.4 Å². The second-order valence-corrected chi connectivity index (χ2v) is 7.20. The highest BCUT2D eigenvalue weighted by molar-refractivity contribution is 6.40. The molecule has 0 aliphatic rings. The van der Waals surface area contributed by atoms with Crippen LogP contribution >= 0.6 is 23.2 Å². The van der Waals surface area contributed by atoms with Crippen LogP contribution in [0, 0.1) is 0 Å². The highest BCUT2D eigenvalue weighted by atomic mass is 35.5. The molecule has 1 N–H and O–H groups in total. The summed E-state index contributed by atoms with van der Waals surface area (Å²) in [5.41, 5.74) is 3.13. The Hall–Kier alpha value is -2.89. The lowest BCUT2D eigenvalue weighted by molar-refractivity contribution is -0.137. The molecule has 3 rings (SSSR count). The molecule has 3 aromatic rings. The van der Waals surface area contributed by atoms with Crippen molar-refractivity contribution in [2.24, 2.45) is 0 Å². The number of pyridine rings is 1. The van der Waals surface area contributed by atoms with E-state index in [0.717, 1.165) is 22.9 Å². The van der Waals surface area contributed by atoms with Gasteiger partial charge in [0.25, 0.3) is 5.91 Å². The van der Waals surface area contributed by atoms with Crippen LogP contribution in [0.5, 0.6) is 0 Å². The molecule has 154 valence electrons. The number of anilines is 1. The first kappa shape index (κ1) is 21.8. The Morgan fingerprint density at radius 2 is 1.80 bits per heavy atom. The van der Waals surface area contributed by atoms with Crippen LogP contribution in [-0.2, 0) is 16.0 Å². The summed E-state index contributed by atoms with van der Waals surface area (Å²) in [5.74, 6) is -0.842. The molecule has 7 heteroatoms. The Labute approximate surface area is 184 Å². The molecule has 1 heterocycles. The number of para-hydroxylation sites is 1. The van der Waals surface area contributed by atoms with Gasteiger partial charge in [0, 0.05) is 17.7 Å². The van der Waals surface area contributed by atoms with Crippen molar-refractivity contribution < 1.29 is 14.3 Å². The third kappa shape index (κ3) is 4.64. The monoisotopic (exact) mass is 442 g/mol. The number of amides is 1. The van der Waals surface area contributed by atoms with Crippen molar-refractivity contribution in [1.29, 1.82) is 0 Å². The van der Waals surface area contributed by atoms with E-state index < -0.39 is 11.9 Å². The summed E-state index contributed by atoms with van der Waals surface area (Å²) in [4.78, 5) is 29.1. The molecule has 0 fully saturated rings. The predicted molar refractivity (Wildman–Crippen MR) is 121 cm³/mol. The molecule has 2 aromatic carbocycles. The minimum absolute atomic E-state index is 0.199. The minimum Gasteiger partial charge on any atom is -0.463 e. The Morgan fingerprint density at radius 3 is 2.47 bits per heavy atom. The van der Waals surface area contributed by atoms with Crippen LogP contribution < -0.4 is 5.32 Å². The summed E-state index contributed by atoms with van der Waals surface area (Å²) >= 11 is 12.3. The molecule has 30 heavy (non-hydrogen) atoms. The van der Waals surface area contributed by atoms with E-state index in [9.17, 15) is 9.59 Å². The van der Waals surface area contributed by atoms with E-state index >= 15 is 0 Å². The van der Waals surface area contributed by atoms with Gasteiger partial charge in [-0.1, -0.05) is 48.3 Å². The number of benzene rings is 2. The molecule has 0 saturated heterocycles. The van der Waals surface area contributed by atoms with Crippen LogP contribution in [0.4, 0.5) is 5.69 Å². The largest absolute Gasteiger partial charge is 0.463 e. The van der Waals surface area contributed by atoms with Crippen LogP contribution in [0.25, 0.3) is 17.0 Å². The van der Waals surface area contributed by atoms with Crippen molar-refractivity contribution in [3.8, 4) is 0 Å². The first-order valence-corrected chi connectivity index (χ1v) is 10.2. The molecule has 0 aliphatic carbocycles. The SMILES string of the molecule is CCOC(=O)C=Cc1c(CC)cnc2c(NC(=O)c3c(Cl)cccc3Cl)cccc12. The van der Waals surface area contributed by atoms with E-state index in [1.807, 2.05) is 19.1 Å². The molecular weight excluding hydrogens is 423 g/mol. The highest BCUT2D eigenvalue weighted by Gasteiger charge is 2.17. The number of aromatic nitrogens is 1. The predicted octanol–water partition coefficient (Wildman–Crippen LogP) is 5.93. The standard InChI is InChI=1S/C23H20Cl2N2O3/c1-3-14-13-26-22-16(15(14)11-12-20(28)30-4-2)7-5-10-19(22)27-23(29)21-17(24)8-6-9-18(21)25/h5-13H,3-4H2,1-2H3,(H,27,29). The van der Waals surface area contributed by atoms with Gasteiger partial charge < -0.3 is 10.1 Å². The van der Waals surface area contributed by atoms with Crippen LogP contribution in [0.2, 0.25) is 10.0 Å². The van der Waals surface area contributed by atoms with Gasteiger partial charge >= 0.3 is 5.97 Å². The molecular formula is C23H20Cl2N2O3. The molecule has 5 nitrogen and oxygen atoms in total. The number of carbonyl (C=O) groups excluding carboxylic acids is 2. The van der Waals surface area contributed by atoms with Gasteiger partial charge in [0.05, 0.1) is 33.4 Å². The van der Waals surface area contributed by atoms with Gasteiger partial charge in [-0.25, -0.2) is 4.79 Å². The van der Waals surface area contributed by atoms with Gasteiger partial charge in [-0.3, -0.25) is 9.78 Å². The third-order valence-electron chi connectivity index (χ3n) is 4.51. The fourth-order valence-corrected chi connectivity index (χ4v) is 3.67. The molecule has 1 amide bonds. The van der Waals surface area contributed by atoms with Crippen LogP contribution in [0.1, 0.15) is 35.3 Å².